The van der Waals surface area contributed by atoms with Crippen LogP contribution >= 0.6 is 7.82 Å². The second kappa shape index (κ2) is 51.0. The third-order valence-electron chi connectivity index (χ3n) is 12.7. The van der Waals surface area contributed by atoms with Crippen LogP contribution in [-0.2, 0) is 27.9 Å². The van der Waals surface area contributed by atoms with E-state index in [4.69, 9.17) is 13.8 Å². The van der Waals surface area contributed by atoms with Crippen LogP contribution in [0.25, 0.3) is 0 Å². The number of carbonyl (C=O) groups excluding carboxylic acids is 2. The Morgan fingerprint density at radius 3 is 1.37 bits per heavy atom. The van der Waals surface area contributed by atoms with Gasteiger partial charge in [-0.05, 0) is 76.7 Å². The first-order valence-electron chi connectivity index (χ1n) is 29.3. The zero-order valence-corrected chi connectivity index (χ0v) is 47.8. The predicted octanol–water partition coefficient (Wildman–Crippen LogP) is 17.7. The van der Waals surface area contributed by atoms with Crippen LogP contribution in [-0.4, -0.2) is 74.3 Å². The molecule has 0 aliphatic heterocycles. The molecule has 0 aromatic rings. The Morgan fingerprint density at radius 1 is 0.507 bits per heavy atom. The fraction of sp³-hybridized carbons (Fsp3) is 0.770. The number of hydrogen-bond donors (Lipinski definition) is 2. The van der Waals surface area contributed by atoms with Crippen molar-refractivity contribution in [1.82, 2.24) is 5.32 Å². The van der Waals surface area contributed by atoms with E-state index in [-0.39, 0.29) is 31.5 Å². The van der Waals surface area contributed by atoms with E-state index in [0.717, 1.165) is 89.9 Å². The first kappa shape index (κ1) is 68.5. The van der Waals surface area contributed by atoms with E-state index in [9.17, 15) is 19.0 Å². The highest BCUT2D eigenvalue weighted by Gasteiger charge is 2.30. The van der Waals surface area contributed by atoms with Crippen molar-refractivity contribution >= 4 is 19.7 Å². The lowest BCUT2D eigenvalue weighted by Gasteiger charge is -2.27. The van der Waals surface area contributed by atoms with Crippen LogP contribution in [0.4, 0.5) is 0 Å². The molecule has 0 aliphatic carbocycles. The van der Waals surface area contributed by atoms with Crippen LogP contribution in [0.15, 0.2) is 72.9 Å². The maximum Gasteiger partial charge on any atom is 0.472 e. The van der Waals surface area contributed by atoms with Crippen LogP contribution in [0.3, 0.4) is 0 Å². The number of quaternary nitrogens is 1. The molecule has 0 fully saturated rings. The van der Waals surface area contributed by atoms with Gasteiger partial charge in [0.2, 0.25) is 5.91 Å². The molecule has 10 heteroatoms. The number of allylic oxidation sites excluding steroid dienone is 11. The molecule has 71 heavy (non-hydrogen) atoms. The maximum absolute atomic E-state index is 13.5. The summed E-state index contributed by atoms with van der Waals surface area (Å²) < 4.78 is 30.6. The van der Waals surface area contributed by atoms with Crippen molar-refractivity contribution in [2.24, 2.45) is 0 Å². The van der Waals surface area contributed by atoms with E-state index in [1.54, 1.807) is 0 Å². The van der Waals surface area contributed by atoms with Crippen LogP contribution in [0.1, 0.15) is 252 Å². The zero-order valence-electron chi connectivity index (χ0n) is 47.0. The van der Waals surface area contributed by atoms with Gasteiger partial charge in [0.05, 0.1) is 33.8 Å². The summed E-state index contributed by atoms with van der Waals surface area (Å²) in [6.07, 6.45) is 64.6. The van der Waals surface area contributed by atoms with Gasteiger partial charge < -0.3 is 19.4 Å². The van der Waals surface area contributed by atoms with Gasteiger partial charge in [-0.1, -0.05) is 235 Å². The molecule has 3 unspecified atom stereocenters. The Hall–Kier alpha value is -2.55. The molecule has 9 nitrogen and oxygen atoms in total. The molecular formula is C61H112N2O7P+. The van der Waals surface area contributed by atoms with Crippen molar-refractivity contribution in [3.8, 4) is 0 Å². The quantitative estimate of drug-likeness (QED) is 0.0205. The van der Waals surface area contributed by atoms with Crippen molar-refractivity contribution < 1.29 is 37.3 Å². The third kappa shape index (κ3) is 52.1. The molecule has 0 saturated heterocycles. The van der Waals surface area contributed by atoms with Crippen molar-refractivity contribution in [1.29, 1.82) is 0 Å². The van der Waals surface area contributed by atoms with E-state index in [0.29, 0.717) is 23.9 Å². The van der Waals surface area contributed by atoms with Crippen LogP contribution < -0.4 is 5.32 Å². The zero-order chi connectivity index (χ0) is 52.2. The number of carbonyl (C=O) groups is 2. The molecule has 0 radical (unpaired) electrons. The Labute approximate surface area is 438 Å². The number of ether oxygens (including phenoxy) is 1. The topological polar surface area (TPSA) is 111 Å². The monoisotopic (exact) mass is 1020 g/mol. The van der Waals surface area contributed by atoms with Gasteiger partial charge in [-0.2, -0.15) is 0 Å². The SMILES string of the molecule is CC/C=C\C/C=C\C/C=C\C/C=C\C/C=C\CCCCCC(=O)NC(COP(=O)(O)OCC[N+](C)(C)C)C(/C=C\CCCCCCCCCCCC)OC(=O)CCCCCCCCCCCCCCCC. The predicted molar refractivity (Wildman–Crippen MR) is 305 cm³/mol. The summed E-state index contributed by atoms with van der Waals surface area (Å²) in [7, 11) is 1.47. The van der Waals surface area contributed by atoms with E-state index in [1.165, 1.54) is 122 Å². The fourth-order valence-corrected chi connectivity index (χ4v) is 8.88. The standard InChI is InChI=1S/C61H111N2O7P/c1-7-10-13-16-19-22-25-28-30-31-32-33-34-35-38-41-44-47-50-53-60(64)62-58(57-69-71(66,67)68-56-55-63(4,5)6)59(52-49-46-43-40-37-27-24-21-18-15-12-9-3)70-61(65)54-51-48-45-42-39-36-29-26-23-20-17-14-11-8-2/h10,13,19,22,28,30,32-33,35,38,49,52,58-59H,7-9,11-12,14-18,20-21,23-27,29,31,34,36-37,39-48,50-51,53-57H2,1-6H3,(H-,62,64,66,67)/p+1/b13-10-,22-19-,30-28-,33-32-,38-35-,52-49-. The number of esters is 1. The third-order valence-corrected chi connectivity index (χ3v) is 13.6. The molecule has 0 rings (SSSR count). The summed E-state index contributed by atoms with van der Waals surface area (Å²) >= 11 is 0. The second-order valence-electron chi connectivity index (χ2n) is 20.8. The maximum atomic E-state index is 13.5. The van der Waals surface area contributed by atoms with Gasteiger partial charge >= 0.3 is 13.8 Å². The molecule has 0 saturated carbocycles. The van der Waals surface area contributed by atoms with Crippen molar-refractivity contribution in [3.63, 3.8) is 0 Å². The van der Waals surface area contributed by atoms with Gasteiger partial charge in [-0.15, -0.1) is 0 Å². The van der Waals surface area contributed by atoms with Gasteiger partial charge in [-0.3, -0.25) is 18.6 Å². The molecule has 0 aromatic carbocycles. The van der Waals surface area contributed by atoms with Gasteiger partial charge in [-0.25, -0.2) is 4.57 Å². The fourth-order valence-electron chi connectivity index (χ4n) is 8.14. The molecule has 0 aliphatic rings. The summed E-state index contributed by atoms with van der Waals surface area (Å²) in [5.41, 5.74) is 0. The number of likely N-dealkylation sites (N-methyl/N-ethyl adjacent to an activating group) is 1. The molecule has 0 heterocycles. The van der Waals surface area contributed by atoms with E-state index in [1.807, 2.05) is 33.3 Å². The number of nitrogens with zero attached hydrogens (tertiary/aromatic N) is 1. The van der Waals surface area contributed by atoms with Crippen LogP contribution in [0, 0.1) is 0 Å². The van der Waals surface area contributed by atoms with Gasteiger partial charge in [0.1, 0.15) is 19.3 Å². The van der Waals surface area contributed by atoms with E-state index < -0.39 is 20.0 Å². The van der Waals surface area contributed by atoms with Gasteiger partial charge in [0.25, 0.3) is 0 Å². The highest BCUT2D eigenvalue weighted by molar-refractivity contribution is 7.47. The van der Waals surface area contributed by atoms with Gasteiger partial charge in [0.15, 0.2) is 0 Å². The van der Waals surface area contributed by atoms with Crippen LogP contribution in [0.2, 0.25) is 0 Å². The summed E-state index contributed by atoms with van der Waals surface area (Å²) in [5, 5.41) is 3.03. The highest BCUT2D eigenvalue weighted by Crippen LogP contribution is 2.43. The largest absolute Gasteiger partial charge is 0.472 e. The molecule has 0 bridgehead atoms. The average molecular weight is 1020 g/mol. The lowest BCUT2D eigenvalue weighted by molar-refractivity contribution is -0.870. The Bertz CT molecular complexity index is 1450. The van der Waals surface area contributed by atoms with Crippen molar-refractivity contribution in [2.45, 2.75) is 264 Å². The normalized spacial score (nSPS) is 14.3. The lowest BCUT2D eigenvalue weighted by Crippen LogP contribution is -2.47. The average Bonchev–Trinajstić information content (AvgIpc) is 3.33. The Balaban J connectivity index is 5.38. The molecule has 1 amide bonds. The van der Waals surface area contributed by atoms with Crippen molar-refractivity contribution in [3.05, 3.63) is 72.9 Å². The summed E-state index contributed by atoms with van der Waals surface area (Å²) in [5.74, 6) is -0.540. The Morgan fingerprint density at radius 2 is 0.901 bits per heavy atom. The first-order valence-corrected chi connectivity index (χ1v) is 30.8. The van der Waals surface area contributed by atoms with Crippen LogP contribution in [0.5, 0.6) is 0 Å². The molecular weight excluding hydrogens is 904 g/mol. The molecule has 0 aromatic heterocycles. The lowest BCUT2D eigenvalue weighted by atomic mass is 10.0. The number of phosphoric ester groups is 1. The summed E-state index contributed by atoms with van der Waals surface area (Å²) in [6.45, 7) is 6.87. The number of unbranched alkanes of at least 4 members (excludes halogenated alkanes) is 26. The van der Waals surface area contributed by atoms with E-state index >= 15 is 0 Å². The summed E-state index contributed by atoms with van der Waals surface area (Å²) in [6, 6.07) is -0.865. The smallest absolute Gasteiger partial charge is 0.456 e. The van der Waals surface area contributed by atoms with Gasteiger partial charge in [0, 0.05) is 12.8 Å². The molecule has 3 atom stereocenters. The highest BCUT2D eigenvalue weighted by atomic mass is 31.2. The number of rotatable bonds is 52. The molecule has 412 valence electrons. The Kier molecular flexibility index (Phi) is 49.1. The minimum atomic E-state index is -4.45. The number of hydrogen-bond acceptors (Lipinski definition) is 6. The minimum Gasteiger partial charge on any atom is -0.456 e. The molecule has 0 spiro atoms. The first-order chi connectivity index (χ1) is 34.4. The number of amides is 1. The number of phosphoric acid groups is 1. The minimum absolute atomic E-state index is 0.0320. The number of nitrogens with one attached hydrogen (secondary N) is 1. The van der Waals surface area contributed by atoms with E-state index in [2.05, 4.69) is 86.8 Å². The molecule has 2 N–H and O–H groups in total. The second-order valence-corrected chi connectivity index (χ2v) is 22.2. The van der Waals surface area contributed by atoms with Crippen molar-refractivity contribution in [2.75, 3.05) is 40.9 Å². The summed E-state index contributed by atoms with van der Waals surface area (Å²) in [4.78, 5) is 37.6.